The standard InChI is InChI=1S/C17H14Cl3NO3/c1-24-12-8-6-11(7-9-12)14(10-16(23)17(18,19)20)21-13-4-2-3-5-15(13)22/h2-10,21-22H,1H3/b14-10-. The van der Waals surface area contributed by atoms with Crippen LogP contribution in [0.4, 0.5) is 5.69 Å². The Morgan fingerprint density at radius 2 is 1.75 bits per heavy atom. The number of para-hydroxylation sites is 2. The first-order valence-electron chi connectivity index (χ1n) is 6.83. The van der Waals surface area contributed by atoms with E-state index in [1.165, 1.54) is 12.1 Å². The number of carbonyl (C=O) groups excluding carboxylic acids is 1. The maximum atomic E-state index is 12.0. The average molecular weight is 387 g/mol. The van der Waals surface area contributed by atoms with Crippen LogP contribution in [0.3, 0.4) is 0 Å². The van der Waals surface area contributed by atoms with Gasteiger partial charge in [0.05, 0.1) is 12.8 Å². The van der Waals surface area contributed by atoms with Crippen molar-refractivity contribution in [2.24, 2.45) is 0 Å². The lowest BCUT2D eigenvalue weighted by Crippen LogP contribution is -2.17. The second-order valence-corrected chi connectivity index (χ2v) is 7.07. The number of carbonyl (C=O) groups is 1. The molecule has 0 unspecified atom stereocenters. The molecule has 0 saturated heterocycles. The van der Waals surface area contributed by atoms with Crippen LogP contribution >= 0.6 is 34.8 Å². The van der Waals surface area contributed by atoms with Crippen LogP contribution in [0.1, 0.15) is 5.56 Å². The Kier molecular flexibility index (Phi) is 5.99. The number of benzene rings is 2. The second-order valence-electron chi connectivity index (χ2n) is 4.79. The number of aromatic hydroxyl groups is 1. The van der Waals surface area contributed by atoms with Crippen LogP contribution in [-0.2, 0) is 4.79 Å². The summed E-state index contributed by atoms with van der Waals surface area (Å²) in [7, 11) is 1.55. The van der Waals surface area contributed by atoms with Crippen molar-refractivity contribution in [3.8, 4) is 11.5 Å². The highest BCUT2D eigenvalue weighted by Gasteiger charge is 2.29. The van der Waals surface area contributed by atoms with Crippen molar-refractivity contribution in [2.75, 3.05) is 12.4 Å². The molecule has 4 nitrogen and oxygen atoms in total. The van der Waals surface area contributed by atoms with E-state index in [4.69, 9.17) is 39.5 Å². The molecule has 0 radical (unpaired) electrons. The smallest absolute Gasteiger partial charge is 0.252 e. The van der Waals surface area contributed by atoms with Gasteiger partial charge < -0.3 is 15.2 Å². The van der Waals surface area contributed by atoms with Crippen LogP contribution < -0.4 is 10.1 Å². The van der Waals surface area contributed by atoms with Crippen LogP contribution in [-0.4, -0.2) is 21.8 Å². The van der Waals surface area contributed by atoms with E-state index in [-0.39, 0.29) is 5.75 Å². The highest BCUT2D eigenvalue weighted by molar-refractivity contribution is 6.77. The highest BCUT2D eigenvalue weighted by atomic mass is 35.6. The number of ether oxygens (including phenoxy) is 1. The number of anilines is 1. The molecule has 0 saturated carbocycles. The van der Waals surface area contributed by atoms with E-state index >= 15 is 0 Å². The van der Waals surface area contributed by atoms with Crippen LogP contribution in [0.5, 0.6) is 11.5 Å². The summed E-state index contributed by atoms with van der Waals surface area (Å²) in [6, 6.07) is 13.5. The third-order valence-corrected chi connectivity index (χ3v) is 3.69. The fourth-order valence-electron chi connectivity index (χ4n) is 1.90. The van der Waals surface area contributed by atoms with Crippen LogP contribution in [0.25, 0.3) is 5.70 Å². The van der Waals surface area contributed by atoms with Crippen LogP contribution in [0.2, 0.25) is 0 Å². The molecule has 0 spiro atoms. The average Bonchev–Trinajstić information content (AvgIpc) is 2.55. The van der Waals surface area contributed by atoms with Crippen LogP contribution in [0, 0.1) is 0 Å². The summed E-state index contributed by atoms with van der Waals surface area (Å²) in [4.78, 5) is 12.0. The van der Waals surface area contributed by atoms with E-state index in [9.17, 15) is 9.90 Å². The van der Waals surface area contributed by atoms with Gasteiger partial charge in [-0.3, -0.25) is 4.79 Å². The summed E-state index contributed by atoms with van der Waals surface area (Å²) >= 11 is 16.9. The van der Waals surface area contributed by atoms with Crippen molar-refractivity contribution in [1.82, 2.24) is 0 Å². The summed E-state index contributed by atoms with van der Waals surface area (Å²) in [5, 5.41) is 12.9. The number of allylic oxidation sites excluding steroid dienone is 1. The fraction of sp³-hybridized carbons (Fsp3) is 0.118. The Balaban J connectivity index is 2.42. The Hall–Kier alpha value is -1.88. The molecule has 126 valence electrons. The third-order valence-electron chi connectivity index (χ3n) is 3.13. The summed E-state index contributed by atoms with van der Waals surface area (Å²) in [5.74, 6) is -0.0205. The Morgan fingerprint density at radius 3 is 2.29 bits per heavy atom. The van der Waals surface area contributed by atoms with Gasteiger partial charge in [0.1, 0.15) is 11.5 Å². The molecule has 0 fully saturated rings. The number of methoxy groups -OCH3 is 1. The molecule has 0 aromatic heterocycles. The van der Waals surface area contributed by atoms with Gasteiger partial charge in [-0.25, -0.2) is 0 Å². The molecule has 0 amide bonds. The quantitative estimate of drug-likeness (QED) is 0.440. The molecular weight excluding hydrogens is 373 g/mol. The van der Waals surface area contributed by atoms with E-state index in [0.29, 0.717) is 22.7 Å². The Bertz CT molecular complexity index is 752. The first kappa shape index (κ1) is 18.5. The highest BCUT2D eigenvalue weighted by Crippen LogP contribution is 2.31. The Morgan fingerprint density at radius 1 is 1.12 bits per heavy atom. The van der Waals surface area contributed by atoms with Gasteiger partial charge in [-0.15, -0.1) is 0 Å². The van der Waals surface area contributed by atoms with Gasteiger partial charge in [-0.05, 0) is 42.0 Å². The number of ketones is 1. The minimum Gasteiger partial charge on any atom is -0.506 e. The number of phenols is 1. The van der Waals surface area contributed by atoms with E-state index in [1.807, 2.05) is 0 Å². The number of hydrogen-bond donors (Lipinski definition) is 2. The van der Waals surface area contributed by atoms with Gasteiger partial charge in [0.15, 0.2) is 0 Å². The number of halogens is 3. The van der Waals surface area contributed by atoms with Gasteiger partial charge in [0, 0.05) is 11.8 Å². The van der Waals surface area contributed by atoms with Crippen molar-refractivity contribution in [3.05, 3.63) is 60.2 Å². The number of nitrogens with one attached hydrogen (secondary N) is 1. The first-order chi connectivity index (χ1) is 11.3. The predicted octanol–water partition coefficient (Wildman–Crippen LogP) is 4.79. The minimum absolute atomic E-state index is 0.0262. The first-order valence-corrected chi connectivity index (χ1v) is 7.97. The lowest BCUT2D eigenvalue weighted by atomic mass is 10.1. The molecule has 0 bridgehead atoms. The molecule has 2 aromatic carbocycles. The molecule has 24 heavy (non-hydrogen) atoms. The van der Waals surface area contributed by atoms with Crippen molar-refractivity contribution in [3.63, 3.8) is 0 Å². The maximum absolute atomic E-state index is 12.0. The second kappa shape index (κ2) is 7.79. The van der Waals surface area contributed by atoms with Gasteiger partial charge in [-0.1, -0.05) is 46.9 Å². The predicted molar refractivity (Wildman–Crippen MR) is 98.0 cm³/mol. The molecule has 0 aliphatic heterocycles. The SMILES string of the molecule is COc1ccc(/C(=C/C(=O)C(Cl)(Cl)Cl)Nc2ccccc2O)cc1. The lowest BCUT2D eigenvalue weighted by molar-refractivity contribution is -0.113. The van der Waals surface area contributed by atoms with Gasteiger partial charge in [0.2, 0.25) is 5.78 Å². The largest absolute Gasteiger partial charge is 0.506 e. The Labute approximate surface area is 154 Å². The summed E-state index contributed by atoms with van der Waals surface area (Å²) in [5.41, 5.74) is 1.44. The zero-order chi connectivity index (χ0) is 17.7. The lowest BCUT2D eigenvalue weighted by Gasteiger charge is -2.14. The van der Waals surface area contributed by atoms with Crippen LogP contribution in [0.15, 0.2) is 54.6 Å². The number of alkyl halides is 3. The molecule has 2 rings (SSSR count). The van der Waals surface area contributed by atoms with E-state index in [2.05, 4.69) is 5.32 Å². The van der Waals surface area contributed by atoms with E-state index < -0.39 is 9.58 Å². The van der Waals surface area contributed by atoms with E-state index in [0.717, 1.165) is 0 Å². The zero-order valence-electron chi connectivity index (χ0n) is 12.6. The summed E-state index contributed by atoms with van der Waals surface area (Å²) < 4.78 is 3.04. The minimum atomic E-state index is -2.07. The number of rotatable bonds is 5. The van der Waals surface area contributed by atoms with Crippen molar-refractivity contribution < 1.29 is 14.6 Å². The van der Waals surface area contributed by atoms with Crippen molar-refractivity contribution >= 4 is 52.0 Å². The van der Waals surface area contributed by atoms with E-state index in [1.54, 1.807) is 49.6 Å². The molecular formula is C17H14Cl3NO3. The monoisotopic (exact) mass is 385 g/mol. The molecule has 0 heterocycles. The van der Waals surface area contributed by atoms with Crippen molar-refractivity contribution in [1.29, 1.82) is 0 Å². The molecule has 0 aliphatic rings. The fourth-order valence-corrected chi connectivity index (χ4v) is 2.06. The third kappa shape index (κ3) is 4.81. The van der Waals surface area contributed by atoms with Gasteiger partial charge in [-0.2, -0.15) is 0 Å². The molecule has 0 aliphatic carbocycles. The topological polar surface area (TPSA) is 58.6 Å². The number of phenolic OH excluding ortho intramolecular Hbond substituents is 1. The molecule has 2 aromatic rings. The zero-order valence-corrected chi connectivity index (χ0v) is 14.9. The van der Waals surface area contributed by atoms with Gasteiger partial charge in [0.25, 0.3) is 3.79 Å². The van der Waals surface area contributed by atoms with Gasteiger partial charge >= 0.3 is 0 Å². The maximum Gasteiger partial charge on any atom is 0.252 e. The number of hydrogen-bond acceptors (Lipinski definition) is 4. The van der Waals surface area contributed by atoms with Crippen molar-refractivity contribution in [2.45, 2.75) is 3.79 Å². The summed E-state index contributed by atoms with van der Waals surface area (Å²) in [6.45, 7) is 0. The molecule has 7 heteroatoms. The summed E-state index contributed by atoms with van der Waals surface area (Å²) in [6.07, 6.45) is 1.18. The normalized spacial score (nSPS) is 11.9. The molecule has 0 atom stereocenters. The molecule has 2 N–H and O–H groups in total.